The van der Waals surface area contributed by atoms with E-state index in [-0.39, 0.29) is 0 Å². The summed E-state index contributed by atoms with van der Waals surface area (Å²) in [6.07, 6.45) is 9.13. The Hall–Kier alpha value is -2.92. The van der Waals surface area contributed by atoms with Gasteiger partial charge in [0.2, 0.25) is 5.75 Å². The summed E-state index contributed by atoms with van der Waals surface area (Å²) in [5.74, 6) is 2.05. The van der Waals surface area contributed by atoms with E-state index in [1.165, 1.54) is 0 Å². The van der Waals surface area contributed by atoms with Crippen molar-refractivity contribution in [2.75, 3.05) is 27.2 Å². The fourth-order valence-corrected chi connectivity index (χ4v) is 2.81. The third-order valence-electron chi connectivity index (χ3n) is 4.00. The Labute approximate surface area is 171 Å². The normalized spacial score (nSPS) is 11.7. The minimum Gasteiger partial charge on any atom is -0.493 e. The van der Waals surface area contributed by atoms with Crippen LogP contribution in [-0.4, -0.2) is 32.2 Å². The van der Waals surface area contributed by atoms with Crippen molar-refractivity contribution in [1.82, 2.24) is 10.3 Å². The largest absolute Gasteiger partial charge is 0.493 e. The van der Waals surface area contributed by atoms with Crippen LogP contribution in [0.2, 0.25) is 0 Å². The minimum absolute atomic E-state index is 0.356. The van der Waals surface area contributed by atoms with E-state index in [4.69, 9.17) is 25.8 Å². The van der Waals surface area contributed by atoms with Gasteiger partial charge in [0, 0.05) is 36.1 Å². The molecule has 0 radical (unpaired) electrons. The molecular formula is C22H25ClN2O3. The van der Waals surface area contributed by atoms with Gasteiger partial charge in [-0.3, -0.25) is 4.98 Å². The van der Waals surface area contributed by atoms with Crippen molar-refractivity contribution in [3.05, 3.63) is 78.2 Å². The summed E-state index contributed by atoms with van der Waals surface area (Å²) < 4.78 is 16.4. The average molecular weight is 401 g/mol. The number of nitrogens with one attached hydrogen (secondary N) is 1. The molecule has 28 heavy (non-hydrogen) atoms. The van der Waals surface area contributed by atoms with Crippen molar-refractivity contribution in [1.29, 1.82) is 0 Å². The van der Waals surface area contributed by atoms with E-state index in [2.05, 4.69) is 16.9 Å². The molecule has 5 nitrogen and oxygen atoms in total. The van der Waals surface area contributed by atoms with Crippen LogP contribution in [0, 0.1) is 0 Å². The Bertz CT molecular complexity index is 823. The average Bonchev–Trinajstić information content (AvgIpc) is 2.75. The van der Waals surface area contributed by atoms with Crippen LogP contribution in [0.15, 0.2) is 67.0 Å². The lowest BCUT2D eigenvalue weighted by atomic mass is 10.1. The summed E-state index contributed by atoms with van der Waals surface area (Å²) in [4.78, 5) is 4.16. The van der Waals surface area contributed by atoms with E-state index in [9.17, 15) is 0 Å². The SMILES string of the molecule is C=C/C=C(/C=C(\NCc1cccnc1)c1cc(OC)c(OC)c(OC)c1)CCl. The molecule has 0 unspecified atom stereocenters. The smallest absolute Gasteiger partial charge is 0.203 e. The van der Waals surface area contributed by atoms with E-state index >= 15 is 0 Å². The molecule has 6 heteroatoms. The summed E-state index contributed by atoms with van der Waals surface area (Å²) in [5, 5.41) is 3.45. The van der Waals surface area contributed by atoms with Crippen LogP contribution in [-0.2, 0) is 6.54 Å². The number of ether oxygens (including phenoxy) is 3. The molecule has 148 valence electrons. The Kier molecular flexibility index (Phi) is 8.43. The van der Waals surface area contributed by atoms with Crippen molar-refractivity contribution >= 4 is 17.3 Å². The molecule has 2 aromatic rings. The molecule has 0 saturated heterocycles. The number of aromatic nitrogens is 1. The van der Waals surface area contributed by atoms with Crippen LogP contribution in [0.5, 0.6) is 17.2 Å². The number of halogens is 1. The van der Waals surface area contributed by atoms with Crippen molar-refractivity contribution in [2.24, 2.45) is 0 Å². The Morgan fingerprint density at radius 1 is 1.18 bits per heavy atom. The molecule has 1 heterocycles. The second-order valence-electron chi connectivity index (χ2n) is 5.80. The molecule has 2 rings (SSSR count). The maximum Gasteiger partial charge on any atom is 0.203 e. The lowest BCUT2D eigenvalue weighted by Gasteiger charge is -2.17. The number of rotatable bonds is 10. The molecule has 1 N–H and O–H groups in total. The van der Waals surface area contributed by atoms with Gasteiger partial charge in [-0.15, -0.1) is 11.6 Å². The highest BCUT2D eigenvalue weighted by molar-refractivity contribution is 6.19. The number of pyridine rings is 1. The predicted octanol–water partition coefficient (Wildman–Crippen LogP) is 4.59. The van der Waals surface area contributed by atoms with Crippen molar-refractivity contribution in [3.63, 3.8) is 0 Å². The van der Waals surface area contributed by atoms with Crippen molar-refractivity contribution in [2.45, 2.75) is 6.54 Å². The number of hydrogen-bond donors (Lipinski definition) is 1. The van der Waals surface area contributed by atoms with Gasteiger partial charge in [-0.25, -0.2) is 0 Å². The molecule has 0 saturated carbocycles. The Morgan fingerprint density at radius 2 is 1.89 bits per heavy atom. The fourth-order valence-electron chi connectivity index (χ4n) is 2.64. The Morgan fingerprint density at radius 3 is 2.39 bits per heavy atom. The molecule has 0 amide bonds. The molecule has 0 aliphatic heterocycles. The zero-order chi connectivity index (χ0) is 20.4. The second-order valence-corrected chi connectivity index (χ2v) is 6.07. The van der Waals surface area contributed by atoms with Gasteiger partial charge in [0.15, 0.2) is 11.5 Å². The van der Waals surface area contributed by atoms with Gasteiger partial charge in [0.05, 0.1) is 21.3 Å². The Balaban J connectivity index is 2.49. The maximum atomic E-state index is 6.09. The third-order valence-corrected chi connectivity index (χ3v) is 4.31. The summed E-state index contributed by atoms with van der Waals surface area (Å²) in [6, 6.07) is 7.70. The molecule has 0 atom stereocenters. The van der Waals surface area contributed by atoms with Gasteiger partial charge in [-0.05, 0) is 35.4 Å². The number of methoxy groups -OCH3 is 3. The number of nitrogens with zero attached hydrogens (tertiary/aromatic N) is 1. The van der Waals surface area contributed by atoms with Crippen molar-refractivity contribution in [3.8, 4) is 17.2 Å². The van der Waals surface area contributed by atoms with Gasteiger partial charge in [-0.2, -0.15) is 0 Å². The highest BCUT2D eigenvalue weighted by atomic mass is 35.5. The highest BCUT2D eigenvalue weighted by Crippen LogP contribution is 2.39. The molecule has 1 aromatic heterocycles. The second kappa shape index (κ2) is 11.0. The first-order chi connectivity index (χ1) is 13.7. The quantitative estimate of drug-likeness (QED) is 0.467. The zero-order valence-electron chi connectivity index (χ0n) is 16.4. The van der Waals surface area contributed by atoms with E-state index in [1.54, 1.807) is 33.6 Å². The van der Waals surface area contributed by atoms with E-state index in [0.717, 1.165) is 22.4 Å². The predicted molar refractivity (Wildman–Crippen MR) is 114 cm³/mol. The molecule has 0 spiro atoms. The first-order valence-electron chi connectivity index (χ1n) is 8.69. The van der Waals surface area contributed by atoms with Gasteiger partial charge in [0.1, 0.15) is 0 Å². The van der Waals surface area contributed by atoms with Gasteiger partial charge < -0.3 is 19.5 Å². The molecule has 1 aromatic carbocycles. The number of alkyl halides is 1. The summed E-state index contributed by atoms with van der Waals surface area (Å²) in [5.41, 5.74) is 3.70. The van der Waals surface area contributed by atoms with Crippen LogP contribution in [0.4, 0.5) is 0 Å². The van der Waals surface area contributed by atoms with Gasteiger partial charge >= 0.3 is 0 Å². The fraction of sp³-hybridized carbons (Fsp3) is 0.227. The standard InChI is InChI=1S/C22H25ClN2O3/c1-5-7-16(13-23)10-19(25-15-17-8-6-9-24-14-17)18-11-20(26-2)22(28-4)21(12-18)27-3/h5-12,14,25H,1,13,15H2,2-4H3/b16-7-,19-10-. The van der Waals surface area contributed by atoms with E-state index in [1.807, 2.05) is 42.6 Å². The molecule has 0 bridgehead atoms. The third kappa shape index (κ3) is 5.54. The van der Waals surface area contributed by atoms with Crippen LogP contribution < -0.4 is 19.5 Å². The molecule has 0 aliphatic carbocycles. The number of benzene rings is 1. The maximum absolute atomic E-state index is 6.09. The zero-order valence-corrected chi connectivity index (χ0v) is 17.1. The van der Waals surface area contributed by atoms with Crippen LogP contribution in [0.1, 0.15) is 11.1 Å². The first-order valence-corrected chi connectivity index (χ1v) is 9.22. The highest BCUT2D eigenvalue weighted by Gasteiger charge is 2.15. The van der Waals surface area contributed by atoms with Gasteiger partial charge in [0.25, 0.3) is 0 Å². The summed E-state index contributed by atoms with van der Waals surface area (Å²) in [7, 11) is 4.76. The number of allylic oxidation sites excluding steroid dienone is 4. The van der Waals surface area contributed by atoms with Crippen LogP contribution in [0.25, 0.3) is 5.70 Å². The van der Waals surface area contributed by atoms with Gasteiger partial charge in [-0.1, -0.05) is 24.8 Å². The molecule has 0 fully saturated rings. The van der Waals surface area contributed by atoms with E-state index < -0.39 is 0 Å². The first kappa shape index (κ1) is 21.4. The number of hydrogen-bond acceptors (Lipinski definition) is 5. The monoisotopic (exact) mass is 400 g/mol. The lowest BCUT2D eigenvalue weighted by molar-refractivity contribution is 0.324. The molecule has 0 aliphatic rings. The lowest BCUT2D eigenvalue weighted by Crippen LogP contribution is -2.13. The van der Waals surface area contributed by atoms with Crippen molar-refractivity contribution < 1.29 is 14.2 Å². The topological polar surface area (TPSA) is 52.6 Å². The summed E-state index contributed by atoms with van der Waals surface area (Å²) >= 11 is 6.09. The summed E-state index contributed by atoms with van der Waals surface area (Å²) in [6.45, 7) is 4.35. The van der Waals surface area contributed by atoms with Crippen LogP contribution in [0.3, 0.4) is 0 Å². The minimum atomic E-state index is 0.356. The van der Waals surface area contributed by atoms with E-state index in [0.29, 0.717) is 29.7 Å². The van der Waals surface area contributed by atoms with Crippen LogP contribution >= 0.6 is 11.6 Å². The molecular weight excluding hydrogens is 376 g/mol.